The van der Waals surface area contributed by atoms with Crippen LogP contribution in [0.3, 0.4) is 0 Å². The predicted octanol–water partition coefficient (Wildman–Crippen LogP) is 4.56. The highest BCUT2D eigenvalue weighted by atomic mass is 19.4. The second-order valence-corrected chi connectivity index (χ2v) is 6.03. The number of rotatable bonds is 8. The zero-order valence-corrected chi connectivity index (χ0v) is 16.7. The van der Waals surface area contributed by atoms with Crippen LogP contribution in [0.5, 0.6) is 0 Å². The van der Waals surface area contributed by atoms with Gasteiger partial charge in [-0.05, 0) is 31.5 Å². The summed E-state index contributed by atoms with van der Waals surface area (Å²) < 4.78 is 43.6. The summed E-state index contributed by atoms with van der Waals surface area (Å²) in [5, 5.41) is 7.64. The van der Waals surface area contributed by atoms with E-state index in [-0.39, 0.29) is 30.2 Å². The van der Waals surface area contributed by atoms with Gasteiger partial charge in [0, 0.05) is 11.1 Å². The maximum absolute atomic E-state index is 12.9. The van der Waals surface area contributed by atoms with Crippen molar-refractivity contribution in [2.75, 3.05) is 13.7 Å². The van der Waals surface area contributed by atoms with Crippen LogP contribution in [0.2, 0.25) is 0 Å². The fraction of sp³-hybridized carbons (Fsp3) is 0.286. The van der Waals surface area contributed by atoms with Gasteiger partial charge in [-0.2, -0.15) is 13.2 Å². The van der Waals surface area contributed by atoms with E-state index < -0.39 is 17.7 Å². The molecule has 0 spiro atoms. The predicted molar refractivity (Wildman–Crippen MR) is 105 cm³/mol. The summed E-state index contributed by atoms with van der Waals surface area (Å²) in [6.45, 7) is 3.33. The first kappa shape index (κ1) is 22.9. The third-order valence-electron chi connectivity index (χ3n) is 3.95. The van der Waals surface area contributed by atoms with Crippen LogP contribution < -0.4 is 0 Å². The van der Waals surface area contributed by atoms with Crippen molar-refractivity contribution in [1.82, 2.24) is 0 Å². The van der Waals surface area contributed by atoms with Crippen LogP contribution in [-0.4, -0.2) is 31.1 Å². The molecule has 0 radical (unpaired) electrons. The average Bonchev–Trinajstić information content (AvgIpc) is 2.72. The standard InChI is InChI=1S/C21H21F3N2O4/c1-4-29-20(27)19(26-28-3)18-11-6-5-8-16(18)13-30-25-14(2)15-9-7-10-17(12-15)21(22,23)24/h5-12H,4,13H2,1-3H3. The number of halogens is 3. The van der Waals surface area contributed by atoms with E-state index in [1.54, 1.807) is 31.2 Å². The lowest BCUT2D eigenvalue weighted by molar-refractivity contribution is -0.137. The van der Waals surface area contributed by atoms with Gasteiger partial charge in [0.25, 0.3) is 0 Å². The van der Waals surface area contributed by atoms with Gasteiger partial charge in [-0.3, -0.25) is 0 Å². The van der Waals surface area contributed by atoms with Crippen molar-refractivity contribution in [1.29, 1.82) is 0 Å². The Morgan fingerprint density at radius 2 is 1.80 bits per heavy atom. The molecule has 0 N–H and O–H groups in total. The largest absolute Gasteiger partial charge is 0.461 e. The molecule has 30 heavy (non-hydrogen) atoms. The summed E-state index contributed by atoms with van der Waals surface area (Å²) in [6, 6.07) is 11.6. The van der Waals surface area contributed by atoms with Gasteiger partial charge in [0.15, 0.2) is 5.71 Å². The molecule has 0 aliphatic carbocycles. The highest BCUT2D eigenvalue weighted by Gasteiger charge is 2.30. The number of ether oxygens (including phenoxy) is 1. The minimum atomic E-state index is -4.44. The minimum absolute atomic E-state index is 0.0304. The number of carbonyl (C=O) groups excluding carboxylic acids is 1. The first-order valence-electron chi connectivity index (χ1n) is 8.98. The second kappa shape index (κ2) is 10.4. The Morgan fingerprint density at radius 3 is 2.47 bits per heavy atom. The van der Waals surface area contributed by atoms with Crippen molar-refractivity contribution in [3.8, 4) is 0 Å². The lowest BCUT2D eigenvalue weighted by Gasteiger charge is -2.11. The van der Waals surface area contributed by atoms with Gasteiger partial charge < -0.3 is 14.4 Å². The Kier molecular flexibility index (Phi) is 7.97. The van der Waals surface area contributed by atoms with E-state index >= 15 is 0 Å². The van der Waals surface area contributed by atoms with Crippen molar-refractivity contribution in [3.05, 3.63) is 70.8 Å². The molecule has 0 fully saturated rings. The number of hydrogen-bond donors (Lipinski definition) is 0. The van der Waals surface area contributed by atoms with E-state index in [2.05, 4.69) is 10.3 Å². The van der Waals surface area contributed by atoms with Gasteiger partial charge in [0.05, 0.1) is 17.9 Å². The van der Waals surface area contributed by atoms with Gasteiger partial charge in [-0.1, -0.05) is 46.7 Å². The molecule has 0 heterocycles. The van der Waals surface area contributed by atoms with Crippen LogP contribution in [0.4, 0.5) is 13.2 Å². The lowest BCUT2D eigenvalue weighted by Crippen LogP contribution is -2.20. The van der Waals surface area contributed by atoms with E-state index in [0.29, 0.717) is 11.1 Å². The molecule has 6 nitrogen and oxygen atoms in total. The first-order valence-corrected chi connectivity index (χ1v) is 8.98. The smallest absolute Gasteiger partial charge is 0.416 e. The van der Waals surface area contributed by atoms with Crippen LogP contribution in [-0.2, 0) is 32.0 Å². The summed E-state index contributed by atoms with van der Waals surface area (Å²) >= 11 is 0. The molecule has 0 atom stereocenters. The molecule has 0 aliphatic heterocycles. The fourth-order valence-electron chi connectivity index (χ4n) is 2.54. The topological polar surface area (TPSA) is 69.5 Å². The molecule has 9 heteroatoms. The number of carbonyl (C=O) groups is 1. The SMILES string of the molecule is CCOC(=O)C(=NOC)c1ccccc1CON=C(C)c1cccc(C(F)(F)F)c1. The number of nitrogens with zero attached hydrogens (tertiary/aromatic N) is 2. The van der Waals surface area contributed by atoms with Gasteiger partial charge in [0.1, 0.15) is 13.7 Å². The number of benzene rings is 2. The Morgan fingerprint density at radius 1 is 1.07 bits per heavy atom. The van der Waals surface area contributed by atoms with E-state index in [0.717, 1.165) is 12.1 Å². The van der Waals surface area contributed by atoms with E-state index in [9.17, 15) is 18.0 Å². The maximum atomic E-state index is 12.9. The van der Waals surface area contributed by atoms with Crippen LogP contribution in [0.1, 0.15) is 36.1 Å². The van der Waals surface area contributed by atoms with E-state index in [1.165, 1.54) is 26.2 Å². The zero-order chi connectivity index (χ0) is 22.1. The Balaban J connectivity index is 2.21. The van der Waals surface area contributed by atoms with Crippen LogP contribution in [0.25, 0.3) is 0 Å². The molecule has 160 valence electrons. The highest BCUT2D eigenvalue weighted by Crippen LogP contribution is 2.29. The summed E-state index contributed by atoms with van der Waals surface area (Å²) in [5.74, 6) is -0.657. The van der Waals surface area contributed by atoms with Crippen molar-refractivity contribution >= 4 is 17.4 Å². The number of esters is 1. The molecule has 2 rings (SSSR count). The third-order valence-corrected chi connectivity index (χ3v) is 3.95. The van der Waals surface area contributed by atoms with E-state index in [1.807, 2.05) is 0 Å². The van der Waals surface area contributed by atoms with Gasteiger partial charge in [-0.15, -0.1) is 0 Å². The Bertz CT molecular complexity index is 940. The molecule has 0 amide bonds. The molecule has 0 saturated heterocycles. The van der Waals surface area contributed by atoms with E-state index in [4.69, 9.17) is 14.4 Å². The number of oxime groups is 2. The van der Waals surface area contributed by atoms with Crippen molar-refractivity contribution < 1.29 is 32.4 Å². The molecule has 0 bridgehead atoms. The van der Waals surface area contributed by atoms with Crippen LogP contribution in [0.15, 0.2) is 58.8 Å². The third kappa shape index (κ3) is 6.07. The summed E-state index contributed by atoms with van der Waals surface area (Å²) in [6.07, 6.45) is -4.44. The minimum Gasteiger partial charge on any atom is -0.461 e. The summed E-state index contributed by atoms with van der Waals surface area (Å²) in [7, 11) is 1.31. The van der Waals surface area contributed by atoms with Crippen molar-refractivity contribution in [2.24, 2.45) is 10.3 Å². The van der Waals surface area contributed by atoms with Gasteiger partial charge in [0.2, 0.25) is 0 Å². The zero-order valence-electron chi connectivity index (χ0n) is 16.7. The Hall–Kier alpha value is -3.36. The molecule has 0 unspecified atom stereocenters. The highest BCUT2D eigenvalue weighted by molar-refractivity contribution is 6.43. The molecule has 2 aromatic rings. The molecular formula is C21H21F3N2O4. The van der Waals surface area contributed by atoms with Crippen molar-refractivity contribution in [3.63, 3.8) is 0 Å². The molecule has 0 aromatic heterocycles. The maximum Gasteiger partial charge on any atom is 0.416 e. The quantitative estimate of drug-likeness (QED) is 0.355. The summed E-state index contributed by atoms with van der Waals surface area (Å²) in [5.41, 5.74) is 0.763. The molecule has 2 aromatic carbocycles. The number of hydrogen-bond acceptors (Lipinski definition) is 6. The molecule has 0 aliphatic rings. The van der Waals surface area contributed by atoms with Gasteiger partial charge >= 0.3 is 12.1 Å². The lowest BCUT2D eigenvalue weighted by atomic mass is 10.0. The average molecular weight is 422 g/mol. The molecule has 0 saturated carbocycles. The van der Waals surface area contributed by atoms with Crippen LogP contribution >= 0.6 is 0 Å². The normalized spacial score (nSPS) is 12.5. The fourth-order valence-corrected chi connectivity index (χ4v) is 2.54. The summed E-state index contributed by atoms with van der Waals surface area (Å²) in [4.78, 5) is 22.2. The Labute approximate surface area is 171 Å². The monoisotopic (exact) mass is 422 g/mol. The van der Waals surface area contributed by atoms with Crippen LogP contribution in [0, 0.1) is 0 Å². The second-order valence-electron chi connectivity index (χ2n) is 6.03. The molecular weight excluding hydrogens is 401 g/mol. The van der Waals surface area contributed by atoms with Gasteiger partial charge in [-0.25, -0.2) is 4.79 Å². The first-order chi connectivity index (χ1) is 14.3. The van der Waals surface area contributed by atoms with Crippen molar-refractivity contribution in [2.45, 2.75) is 26.6 Å². The number of alkyl halides is 3.